The summed E-state index contributed by atoms with van der Waals surface area (Å²) in [5.41, 5.74) is 2.96. The predicted molar refractivity (Wildman–Crippen MR) is 106 cm³/mol. The Hall–Kier alpha value is -3.18. The molecule has 0 fully saturated rings. The largest absolute Gasteiger partial charge is 0.346 e. The second kappa shape index (κ2) is 7.21. The average molecular weight is 377 g/mol. The second-order valence-electron chi connectivity index (χ2n) is 6.25. The van der Waals surface area contributed by atoms with Crippen LogP contribution < -0.4 is 5.32 Å². The van der Waals surface area contributed by atoms with E-state index in [9.17, 15) is 4.79 Å². The summed E-state index contributed by atoms with van der Waals surface area (Å²) in [7, 11) is 0. The van der Waals surface area contributed by atoms with E-state index in [1.165, 1.54) is 0 Å². The second-order valence-corrected chi connectivity index (χ2v) is 6.66. The van der Waals surface area contributed by atoms with Crippen LogP contribution in [0, 0.1) is 0 Å². The van der Waals surface area contributed by atoms with Crippen molar-refractivity contribution in [1.82, 2.24) is 19.9 Å². The maximum atomic E-state index is 12.6. The first kappa shape index (κ1) is 17.2. The molecule has 0 spiro atoms. The van der Waals surface area contributed by atoms with Crippen LogP contribution in [0.25, 0.3) is 17.0 Å². The van der Waals surface area contributed by atoms with Crippen LogP contribution in [0.1, 0.15) is 28.9 Å². The summed E-state index contributed by atoms with van der Waals surface area (Å²) in [6, 6.07) is 20.7. The molecule has 0 aliphatic rings. The average Bonchev–Trinajstić information content (AvgIpc) is 3.12. The third-order valence-electron chi connectivity index (χ3n) is 4.43. The van der Waals surface area contributed by atoms with Gasteiger partial charge in [-0.05, 0) is 36.8 Å². The van der Waals surface area contributed by atoms with Crippen molar-refractivity contribution < 1.29 is 4.79 Å². The van der Waals surface area contributed by atoms with Gasteiger partial charge in [0.1, 0.15) is 0 Å². The van der Waals surface area contributed by atoms with Crippen LogP contribution in [0.4, 0.5) is 0 Å². The normalized spacial score (nSPS) is 12.1. The zero-order valence-electron chi connectivity index (χ0n) is 14.6. The van der Waals surface area contributed by atoms with Crippen molar-refractivity contribution in [1.29, 1.82) is 0 Å². The van der Waals surface area contributed by atoms with E-state index in [1.807, 2.05) is 65.9 Å². The lowest BCUT2D eigenvalue weighted by Gasteiger charge is -2.14. The number of hydrogen-bond acceptors (Lipinski definition) is 3. The van der Waals surface area contributed by atoms with Gasteiger partial charge in [0, 0.05) is 17.3 Å². The number of amides is 1. The summed E-state index contributed by atoms with van der Waals surface area (Å²) in [6.45, 7) is 1.96. The Morgan fingerprint density at radius 3 is 2.56 bits per heavy atom. The molecule has 2 aromatic carbocycles. The summed E-state index contributed by atoms with van der Waals surface area (Å²) in [4.78, 5) is 12.6. The maximum Gasteiger partial charge on any atom is 0.251 e. The maximum absolute atomic E-state index is 12.6. The zero-order chi connectivity index (χ0) is 18.8. The topological polar surface area (TPSA) is 59.3 Å². The minimum atomic E-state index is -0.156. The summed E-state index contributed by atoms with van der Waals surface area (Å²) in [6.07, 6.45) is 1.79. The van der Waals surface area contributed by atoms with Crippen LogP contribution in [0.3, 0.4) is 0 Å². The van der Waals surface area contributed by atoms with Gasteiger partial charge in [-0.15, -0.1) is 10.2 Å². The van der Waals surface area contributed by atoms with Gasteiger partial charge in [-0.25, -0.2) is 0 Å². The van der Waals surface area contributed by atoms with Gasteiger partial charge < -0.3 is 5.32 Å². The summed E-state index contributed by atoms with van der Waals surface area (Å²) < 4.78 is 1.82. The third-order valence-corrected chi connectivity index (χ3v) is 4.76. The Kier molecular flexibility index (Phi) is 4.60. The fourth-order valence-electron chi connectivity index (χ4n) is 2.96. The lowest BCUT2D eigenvalue weighted by atomic mass is 10.1. The molecule has 1 atom stereocenters. The van der Waals surface area contributed by atoms with Crippen LogP contribution in [0.15, 0.2) is 72.9 Å². The highest BCUT2D eigenvalue weighted by molar-refractivity contribution is 6.33. The number of hydrogen-bond donors (Lipinski definition) is 1. The molecule has 0 aliphatic carbocycles. The fourth-order valence-corrected chi connectivity index (χ4v) is 3.18. The number of halogens is 1. The summed E-state index contributed by atoms with van der Waals surface area (Å²) in [5, 5.41) is 12.0. The van der Waals surface area contributed by atoms with Crippen LogP contribution >= 0.6 is 11.6 Å². The van der Waals surface area contributed by atoms with E-state index < -0.39 is 0 Å². The number of aromatic nitrogens is 3. The highest BCUT2D eigenvalue weighted by Crippen LogP contribution is 2.26. The zero-order valence-corrected chi connectivity index (χ0v) is 15.4. The Labute approximate surface area is 161 Å². The van der Waals surface area contributed by atoms with Gasteiger partial charge in [-0.3, -0.25) is 9.20 Å². The van der Waals surface area contributed by atoms with Gasteiger partial charge in [0.15, 0.2) is 11.5 Å². The molecule has 1 N–H and O–H groups in total. The summed E-state index contributed by atoms with van der Waals surface area (Å²) in [5.74, 6) is 0.483. The van der Waals surface area contributed by atoms with E-state index in [0.29, 0.717) is 22.1 Å². The first-order valence-electron chi connectivity index (χ1n) is 8.59. The van der Waals surface area contributed by atoms with Crippen LogP contribution in [0.5, 0.6) is 0 Å². The van der Waals surface area contributed by atoms with Crippen LogP contribution in [0.2, 0.25) is 5.02 Å². The molecule has 27 heavy (non-hydrogen) atoms. The molecule has 4 aromatic rings. The highest BCUT2D eigenvalue weighted by Gasteiger charge is 2.15. The summed E-state index contributed by atoms with van der Waals surface area (Å²) >= 11 is 6.27. The molecule has 0 aliphatic heterocycles. The van der Waals surface area contributed by atoms with E-state index in [2.05, 4.69) is 15.5 Å². The first-order chi connectivity index (χ1) is 13.1. The van der Waals surface area contributed by atoms with Gasteiger partial charge in [0.05, 0.1) is 11.1 Å². The van der Waals surface area contributed by atoms with Crippen molar-refractivity contribution >= 4 is 23.2 Å². The molecule has 0 bridgehead atoms. The Bertz CT molecular complexity index is 1110. The number of pyridine rings is 1. The Balaban J connectivity index is 1.61. The van der Waals surface area contributed by atoms with Crippen molar-refractivity contribution in [3.05, 3.63) is 89.1 Å². The van der Waals surface area contributed by atoms with Crippen LogP contribution in [-0.2, 0) is 0 Å². The molecule has 6 heteroatoms. The van der Waals surface area contributed by atoms with E-state index >= 15 is 0 Å². The number of nitrogens with zero attached hydrogens (tertiary/aromatic N) is 3. The standard InChI is InChI=1S/C21H17ClN4O/c1-14(15-7-3-2-4-8-15)23-21(27)16-11-12-26-19(13-16)24-25-20(26)17-9-5-6-10-18(17)22/h2-14H,1H3,(H,23,27)/t14-/m1/s1. The molecule has 0 saturated carbocycles. The van der Waals surface area contributed by atoms with Gasteiger partial charge in [-0.2, -0.15) is 0 Å². The quantitative estimate of drug-likeness (QED) is 0.568. The van der Waals surface area contributed by atoms with Crippen molar-refractivity contribution in [3.63, 3.8) is 0 Å². The van der Waals surface area contributed by atoms with Gasteiger partial charge in [-0.1, -0.05) is 54.1 Å². The predicted octanol–water partition coefficient (Wildman–Crippen LogP) is 4.54. The minimum Gasteiger partial charge on any atom is -0.346 e. The number of carbonyl (C=O) groups is 1. The van der Waals surface area contributed by atoms with Gasteiger partial charge >= 0.3 is 0 Å². The van der Waals surface area contributed by atoms with Crippen LogP contribution in [-0.4, -0.2) is 20.5 Å². The SMILES string of the molecule is C[C@@H](NC(=O)c1ccn2c(-c3ccccc3Cl)nnc2c1)c1ccccc1. The molecule has 134 valence electrons. The third kappa shape index (κ3) is 3.41. The number of rotatable bonds is 4. The molecule has 0 unspecified atom stereocenters. The van der Waals surface area contributed by atoms with E-state index in [-0.39, 0.29) is 11.9 Å². The number of benzene rings is 2. The highest BCUT2D eigenvalue weighted by atomic mass is 35.5. The van der Waals surface area contributed by atoms with Crippen molar-refractivity contribution in [2.45, 2.75) is 13.0 Å². The lowest BCUT2D eigenvalue weighted by Crippen LogP contribution is -2.26. The first-order valence-corrected chi connectivity index (χ1v) is 8.97. The van der Waals surface area contributed by atoms with Crippen molar-refractivity contribution in [2.75, 3.05) is 0 Å². The van der Waals surface area contributed by atoms with E-state index in [1.54, 1.807) is 18.3 Å². The molecule has 0 saturated heterocycles. The fraction of sp³-hybridized carbons (Fsp3) is 0.0952. The smallest absolute Gasteiger partial charge is 0.251 e. The van der Waals surface area contributed by atoms with Crippen molar-refractivity contribution in [3.8, 4) is 11.4 Å². The molecule has 2 heterocycles. The number of fused-ring (bicyclic) bond motifs is 1. The molecule has 1 amide bonds. The Morgan fingerprint density at radius 2 is 1.78 bits per heavy atom. The monoisotopic (exact) mass is 376 g/mol. The van der Waals surface area contributed by atoms with E-state index in [0.717, 1.165) is 11.1 Å². The van der Waals surface area contributed by atoms with E-state index in [4.69, 9.17) is 11.6 Å². The number of carbonyl (C=O) groups excluding carboxylic acids is 1. The lowest BCUT2D eigenvalue weighted by molar-refractivity contribution is 0.0940. The van der Waals surface area contributed by atoms with Gasteiger partial charge in [0.2, 0.25) is 0 Å². The molecular formula is C21H17ClN4O. The number of nitrogens with one attached hydrogen (secondary N) is 1. The Morgan fingerprint density at radius 1 is 1.04 bits per heavy atom. The molecule has 5 nitrogen and oxygen atoms in total. The minimum absolute atomic E-state index is 0.0912. The molecule has 4 rings (SSSR count). The molecular weight excluding hydrogens is 360 g/mol. The molecule has 2 aromatic heterocycles. The van der Waals surface area contributed by atoms with Crippen molar-refractivity contribution in [2.24, 2.45) is 0 Å². The van der Waals surface area contributed by atoms with Gasteiger partial charge in [0.25, 0.3) is 5.91 Å². The molecule has 0 radical (unpaired) electrons.